The van der Waals surface area contributed by atoms with Crippen molar-refractivity contribution in [1.82, 2.24) is 0 Å². The Morgan fingerprint density at radius 2 is 1.71 bits per heavy atom. The number of esters is 1. The molecule has 0 bridgehead atoms. The normalized spacial score (nSPS) is 15.8. The van der Waals surface area contributed by atoms with Crippen LogP contribution in [0.25, 0.3) is 0 Å². The maximum Gasteiger partial charge on any atom is 0.309 e. The van der Waals surface area contributed by atoms with Gasteiger partial charge in [-0.15, -0.1) is 0 Å². The maximum absolute atomic E-state index is 11.6. The van der Waals surface area contributed by atoms with E-state index in [1.807, 2.05) is 39.0 Å². The van der Waals surface area contributed by atoms with E-state index < -0.39 is 0 Å². The van der Waals surface area contributed by atoms with Crippen LogP contribution in [-0.2, 0) is 14.9 Å². The van der Waals surface area contributed by atoms with E-state index in [4.69, 9.17) is 4.74 Å². The second-order valence-electron chi connectivity index (χ2n) is 6.49. The van der Waals surface area contributed by atoms with Gasteiger partial charge >= 0.3 is 5.97 Å². The summed E-state index contributed by atoms with van der Waals surface area (Å²) in [7, 11) is 0. The minimum absolute atomic E-state index is 0.00667. The Kier molecular flexibility index (Phi) is 8.02. The van der Waals surface area contributed by atoms with Gasteiger partial charge in [0.15, 0.2) is 0 Å². The van der Waals surface area contributed by atoms with E-state index in [9.17, 15) is 4.79 Å². The van der Waals surface area contributed by atoms with Gasteiger partial charge in [-0.3, -0.25) is 4.79 Å². The summed E-state index contributed by atoms with van der Waals surface area (Å²) in [5, 5.41) is 0.952. The average molecular weight is 355 g/mol. The molecule has 21 heavy (non-hydrogen) atoms. The van der Waals surface area contributed by atoms with E-state index >= 15 is 0 Å². The molecule has 0 atom stereocenters. The van der Waals surface area contributed by atoms with Gasteiger partial charge in [0, 0.05) is 5.33 Å². The molecule has 0 saturated heterocycles. The number of carbonyl (C=O) groups excluding carboxylic acids is 1. The van der Waals surface area contributed by atoms with Gasteiger partial charge in [0.05, 0.1) is 5.92 Å². The number of alkyl halides is 1. The number of ether oxygens (including phenoxy) is 1. The van der Waals surface area contributed by atoms with Crippen LogP contribution >= 0.6 is 15.9 Å². The predicted octanol–water partition coefficient (Wildman–Crippen LogP) is 5.49. The van der Waals surface area contributed by atoms with E-state index in [2.05, 4.69) is 28.1 Å². The molecular weight excluding hydrogens is 328 g/mol. The summed E-state index contributed by atoms with van der Waals surface area (Å²) in [5.41, 5.74) is 1.00. The van der Waals surface area contributed by atoms with Crippen LogP contribution in [0, 0.1) is 5.92 Å². The van der Waals surface area contributed by atoms with Crippen molar-refractivity contribution in [1.29, 1.82) is 0 Å². The Morgan fingerprint density at radius 1 is 1.14 bits per heavy atom. The molecule has 1 aliphatic carbocycles. The highest BCUT2D eigenvalue weighted by atomic mass is 79.9. The smallest absolute Gasteiger partial charge is 0.309 e. The number of hydrogen-bond donors (Lipinski definition) is 0. The molecule has 1 fully saturated rings. The third-order valence-electron chi connectivity index (χ3n) is 3.34. The molecule has 0 amide bonds. The molecule has 3 heteroatoms. The molecule has 118 valence electrons. The van der Waals surface area contributed by atoms with Crippen molar-refractivity contribution in [2.24, 2.45) is 5.92 Å². The first-order valence-electron chi connectivity index (χ1n) is 7.75. The number of hydrogen-bond acceptors (Lipinski definition) is 2. The third-order valence-corrected chi connectivity index (χ3v) is 3.99. The van der Waals surface area contributed by atoms with E-state index in [1.54, 1.807) is 0 Å². The Bertz CT molecular complexity index is 403. The van der Waals surface area contributed by atoms with Crippen molar-refractivity contribution < 1.29 is 9.53 Å². The molecule has 0 aliphatic heterocycles. The molecule has 2 nitrogen and oxygen atoms in total. The first-order chi connectivity index (χ1) is 9.92. The van der Waals surface area contributed by atoms with Gasteiger partial charge in [0.2, 0.25) is 0 Å². The first-order valence-corrected chi connectivity index (χ1v) is 8.87. The molecule has 0 spiro atoms. The van der Waals surface area contributed by atoms with Gasteiger partial charge in [-0.1, -0.05) is 65.5 Å². The zero-order valence-electron chi connectivity index (χ0n) is 13.4. The first kappa shape index (κ1) is 18.2. The number of halogens is 1. The molecule has 0 unspecified atom stereocenters. The quantitative estimate of drug-likeness (QED) is 0.518. The lowest BCUT2D eigenvalue weighted by Crippen LogP contribution is -2.29. The minimum atomic E-state index is -0.325. The lowest BCUT2D eigenvalue weighted by atomic mass is 9.89. The topological polar surface area (TPSA) is 26.3 Å². The second kappa shape index (κ2) is 9.24. The Hall–Kier alpha value is -0.830. The van der Waals surface area contributed by atoms with Crippen molar-refractivity contribution in [3.05, 3.63) is 35.9 Å². The largest absolute Gasteiger partial charge is 0.460 e. The molecule has 0 radical (unpaired) electrons. The summed E-state index contributed by atoms with van der Waals surface area (Å²) in [4.78, 5) is 11.6. The third kappa shape index (κ3) is 8.25. The fourth-order valence-corrected chi connectivity index (χ4v) is 2.66. The molecular formula is C18H27BrO2. The van der Waals surface area contributed by atoms with Gasteiger partial charge in [-0.2, -0.15) is 0 Å². The van der Waals surface area contributed by atoms with Gasteiger partial charge in [-0.25, -0.2) is 0 Å². The molecule has 1 saturated carbocycles. The molecule has 0 N–H and O–H groups in total. The monoisotopic (exact) mass is 354 g/mol. The summed E-state index contributed by atoms with van der Waals surface area (Å²) in [6.45, 7) is 5.77. The van der Waals surface area contributed by atoms with Gasteiger partial charge < -0.3 is 4.74 Å². The lowest BCUT2D eigenvalue weighted by Gasteiger charge is -2.25. The molecule has 1 aliphatic rings. The molecule has 1 aromatic carbocycles. The Morgan fingerprint density at radius 3 is 2.14 bits per heavy atom. The molecule has 0 heterocycles. The summed E-state index contributed by atoms with van der Waals surface area (Å²) in [5.74, 6) is 0.181. The Labute approximate surface area is 137 Å². The van der Waals surface area contributed by atoms with Crippen molar-refractivity contribution in [3.8, 4) is 0 Å². The minimum Gasteiger partial charge on any atom is -0.460 e. The fraction of sp³-hybridized carbons (Fsp3) is 0.611. The van der Waals surface area contributed by atoms with E-state index in [-0.39, 0.29) is 17.5 Å². The fourth-order valence-electron chi connectivity index (χ4n) is 2.29. The van der Waals surface area contributed by atoms with Gasteiger partial charge in [0.1, 0.15) is 5.60 Å². The van der Waals surface area contributed by atoms with Crippen molar-refractivity contribution in [2.45, 2.75) is 63.8 Å². The molecule has 1 aromatic rings. The lowest BCUT2D eigenvalue weighted by molar-refractivity contribution is -0.161. The highest BCUT2D eigenvalue weighted by Gasteiger charge is 2.26. The highest BCUT2D eigenvalue weighted by molar-refractivity contribution is 9.08. The zero-order valence-corrected chi connectivity index (χ0v) is 15.0. The van der Waals surface area contributed by atoms with Gasteiger partial charge in [0.25, 0.3) is 0 Å². The van der Waals surface area contributed by atoms with Crippen LogP contribution in [0.15, 0.2) is 30.3 Å². The molecule has 0 aromatic heterocycles. The predicted molar refractivity (Wildman–Crippen MR) is 91.5 cm³/mol. The number of rotatable bonds is 2. The summed E-state index contributed by atoms with van der Waals surface area (Å²) >= 11 is 3.36. The van der Waals surface area contributed by atoms with Crippen molar-refractivity contribution >= 4 is 21.9 Å². The SMILES string of the molecule is BrCc1ccccc1.CC(C)(C)OC(=O)C1CCCCC1. The van der Waals surface area contributed by atoms with Crippen molar-refractivity contribution in [3.63, 3.8) is 0 Å². The van der Waals surface area contributed by atoms with Crippen LogP contribution in [0.4, 0.5) is 0 Å². The average Bonchev–Trinajstić information content (AvgIpc) is 2.48. The summed E-state index contributed by atoms with van der Waals surface area (Å²) in [6, 6.07) is 10.3. The zero-order chi connectivity index (χ0) is 15.7. The summed E-state index contributed by atoms with van der Waals surface area (Å²) < 4.78 is 5.34. The standard InChI is InChI=1S/C11H20O2.C7H7Br/c1-11(2,3)13-10(12)9-7-5-4-6-8-9;8-6-7-4-2-1-3-5-7/h9H,4-8H2,1-3H3;1-5H,6H2. The number of carbonyl (C=O) groups is 1. The van der Waals surface area contributed by atoms with Crippen molar-refractivity contribution in [2.75, 3.05) is 0 Å². The van der Waals surface area contributed by atoms with Gasteiger partial charge in [-0.05, 0) is 39.2 Å². The van der Waals surface area contributed by atoms with E-state index in [1.165, 1.54) is 24.8 Å². The second-order valence-corrected chi connectivity index (χ2v) is 7.05. The Balaban J connectivity index is 0.000000235. The van der Waals surface area contributed by atoms with Crippen LogP contribution in [0.5, 0.6) is 0 Å². The summed E-state index contributed by atoms with van der Waals surface area (Å²) in [6.07, 6.45) is 5.69. The van der Waals surface area contributed by atoms with Crippen LogP contribution in [-0.4, -0.2) is 11.6 Å². The van der Waals surface area contributed by atoms with Crippen LogP contribution in [0.2, 0.25) is 0 Å². The van der Waals surface area contributed by atoms with Crippen LogP contribution in [0.3, 0.4) is 0 Å². The highest BCUT2D eigenvalue weighted by Crippen LogP contribution is 2.26. The van der Waals surface area contributed by atoms with E-state index in [0.717, 1.165) is 18.2 Å². The maximum atomic E-state index is 11.6. The van der Waals surface area contributed by atoms with Crippen LogP contribution in [0.1, 0.15) is 58.4 Å². The molecule has 2 rings (SSSR count). The van der Waals surface area contributed by atoms with Crippen LogP contribution < -0.4 is 0 Å². The van der Waals surface area contributed by atoms with E-state index in [0.29, 0.717) is 0 Å². The number of benzene rings is 1.